The summed E-state index contributed by atoms with van der Waals surface area (Å²) in [5.41, 5.74) is 1.03. The second kappa shape index (κ2) is 4.42. The summed E-state index contributed by atoms with van der Waals surface area (Å²) in [6.45, 7) is 0. The van der Waals surface area contributed by atoms with Gasteiger partial charge in [0.05, 0.1) is 12.8 Å². The fourth-order valence-electron chi connectivity index (χ4n) is 2.64. The Hall–Kier alpha value is -1.68. The van der Waals surface area contributed by atoms with Crippen molar-refractivity contribution in [3.05, 3.63) is 47.5 Å². The summed E-state index contributed by atoms with van der Waals surface area (Å²) in [5, 5.41) is 3.03. The minimum Gasteiger partial charge on any atom is -0.290 e. The molecule has 1 fully saturated rings. The lowest BCUT2D eigenvalue weighted by atomic mass is 10.1. The molecule has 0 radical (unpaired) electrons. The maximum atomic E-state index is 12.1. The molecule has 4 rings (SSSR count). The third-order valence-electron chi connectivity index (χ3n) is 3.89. The largest absolute Gasteiger partial charge is 0.290 e. The number of carbonyl (C=O) groups excluding carboxylic acids is 1. The van der Waals surface area contributed by atoms with Gasteiger partial charge in [0.25, 0.3) is 0 Å². The number of ketones is 1. The highest BCUT2D eigenvalue weighted by Crippen LogP contribution is 2.41. The second-order valence-electron chi connectivity index (χ2n) is 5.38. The first-order valence-electron chi connectivity index (χ1n) is 7.31. The third-order valence-corrected chi connectivity index (χ3v) is 4.22. The molecule has 0 bridgehead atoms. The number of hydrogen-bond acceptors (Lipinski definition) is 3. The van der Waals surface area contributed by atoms with Crippen molar-refractivity contribution in [3.63, 3.8) is 0 Å². The van der Waals surface area contributed by atoms with Crippen LogP contribution in [0.5, 0.6) is 0 Å². The van der Waals surface area contributed by atoms with Crippen LogP contribution in [-0.2, 0) is 0 Å². The van der Waals surface area contributed by atoms with Crippen LogP contribution in [-0.4, -0.2) is 20.5 Å². The first kappa shape index (κ1) is 11.0. The van der Waals surface area contributed by atoms with Gasteiger partial charge in [0.15, 0.2) is 0 Å². The highest BCUT2D eigenvalue weighted by atomic mass is 35.5. The summed E-state index contributed by atoms with van der Waals surface area (Å²) in [5.74, 6) is 0.641. The molecule has 1 aromatic heterocycles. The van der Waals surface area contributed by atoms with Gasteiger partial charge in [-0.1, -0.05) is 30.3 Å². The van der Waals surface area contributed by atoms with Crippen LogP contribution in [0.3, 0.4) is 0 Å². The topological polar surface area (TPSA) is 47.8 Å². The van der Waals surface area contributed by atoms with Gasteiger partial charge in [-0.15, -0.1) is 16.7 Å². The predicted molar refractivity (Wildman–Crippen MR) is 74.9 cm³/mol. The number of benzene rings is 1. The van der Waals surface area contributed by atoms with E-state index in [0.717, 1.165) is 18.4 Å². The molecule has 2 heterocycles. The molecule has 1 aliphatic carbocycles. The molecule has 0 spiro atoms. The number of nitrogens with zero attached hydrogens (tertiary/aromatic N) is 3. The summed E-state index contributed by atoms with van der Waals surface area (Å²) in [6.07, 6.45) is 2.24. The quantitative estimate of drug-likeness (QED) is 0.644. The smallest absolute Gasteiger partial charge is 0.217 e. The Balaban J connectivity index is 1.77. The molecule has 1 aromatic carbocycles. The van der Waals surface area contributed by atoms with Gasteiger partial charge in [-0.25, -0.2) is 9.67 Å². The van der Waals surface area contributed by atoms with Crippen molar-refractivity contribution >= 4 is 17.4 Å². The molecule has 0 saturated heterocycles. The molecule has 2 aliphatic rings. The highest BCUT2D eigenvalue weighted by Gasteiger charge is 2.38. The van der Waals surface area contributed by atoms with Crippen LogP contribution in [0.25, 0.3) is 0 Å². The number of alkyl halides is 1. The standard InChI is InChI=1S/C15H14ClN3O/c16-11-8-12(9-4-2-1-3-5-9)19-15(11)17-14(18-19)13(20)10-6-7-10/h1-5,10-12H,6-8H2/t11-,12+/m1/s1/i11D. The van der Waals surface area contributed by atoms with Crippen molar-refractivity contribution in [1.29, 1.82) is 0 Å². The molecule has 102 valence electrons. The van der Waals surface area contributed by atoms with Crippen LogP contribution in [0.2, 0.25) is 0 Å². The van der Waals surface area contributed by atoms with Gasteiger partial charge in [0.2, 0.25) is 11.6 Å². The molecule has 0 amide bonds. The number of carbonyl (C=O) groups is 1. The minimum atomic E-state index is -1.32. The monoisotopic (exact) mass is 288 g/mol. The molecular formula is C15H14ClN3O. The first-order valence-corrected chi connectivity index (χ1v) is 7.19. The molecule has 0 unspecified atom stereocenters. The average molecular weight is 289 g/mol. The Morgan fingerprint density at radius 3 is 2.80 bits per heavy atom. The van der Waals surface area contributed by atoms with E-state index < -0.39 is 5.35 Å². The van der Waals surface area contributed by atoms with Crippen LogP contribution in [0.15, 0.2) is 30.3 Å². The third kappa shape index (κ3) is 1.86. The van der Waals surface area contributed by atoms with Gasteiger partial charge in [-0.05, 0) is 24.8 Å². The van der Waals surface area contributed by atoms with Crippen molar-refractivity contribution in [1.82, 2.24) is 14.8 Å². The number of halogens is 1. The van der Waals surface area contributed by atoms with E-state index in [9.17, 15) is 4.79 Å². The number of fused-ring (bicyclic) bond motifs is 1. The van der Waals surface area contributed by atoms with E-state index in [1.54, 1.807) is 4.68 Å². The summed E-state index contributed by atoms with van der Waals surface area (Å²) in [4.78, 5) is 16.4. The van der Waals surface area contributed by atoms with Crippen LogP contribution in [0.4, 0.5) is 0 Å². The number of aromatic nitrogens is 3. The second-order valence-corrected chi connectivity index (χ2v) is 5.83. The van der Waals surface area contributed by atoms with Gasteiger partial charge < -0.3 is 0 Å². The van der Waals surface area contributed by atoms with Crippen LogP contribution in [0.1, 0.15) is 54.0 Å². The summed E-state index contributed by atoms with van der Waals surface area (Å²) >= 11 is 6.29. The molecule has 4 nitrogen and oxygen atoms in total. The molecule has 20 heavy (non-hydrogen) atoms. The normalized spacial score (nSPS) is 29.1. The van der Waals surface area contributed by atoms with Gasteiger partial charge in [0, 0.05) is 5.92 Å². The van der Waals surface area contributed by atoms with E-state index in [-0.39, 0.29) is 23.6 Å². The maximum absolute atomic E-state index is 12.1. The van der Waals surface area contributed by atoms with Crippen molar-refractivity contribution < 1.29 is 6.17 Å². The van der Waals surface area contributed by atoms with E-state index in [1.165, 1.54) is 0 Å². The van der Waals surface area contributed by atoms with E-state index in [4.69, 9.17) is 13.0 Å². The van der Waals surface area contributed by atoms with E-state index in [1.807, 2.05) is 30.3 Å². The minimum absolute atomic E-state index is 0.0174. The summed E-state index contributed by atoms with van der Waals surface area (Å²) < 4.78 is 9.91. The maximum Gasteiger partial charge on any atom is 0.217 e. The Morgan fingerprint density at radius 2 is 2.10 bits per heavy atom. The van der Waals surface area contributed by atoms with Crippen LogP contribution < -0.4 is 0 Å². The number of Topliss-reactive ketones (excluding diaryl/α,β-unsaturated/α-hetero) is 1. The van der Waals surface area contributed by atoms with Gasteiger partial charge in [-0.2, -0.15) is 0 Å². The molecule has 2 atom stereocenters. The van der Waals surface area contributed by atoms with E-state index in [2.05, 4.69) is 10.1 Å². The number of hydrogen-bond donors (Lipinski definition) is 0. The zero-order chi connectivity index (χ0) is 14.6. The Bertz CT molecular complexity index is 709. The lowest BCUT2D eigenvalue weighted by molar-refractivity contribution is 0.0957. The zero-order valence-corrected chi connectivity index (χ0v) is 11.5. The predicted octanol–water partition coefficient (Wildman–Crippen LogP) is 3.14. The summed E-state index contributed by atoms with van der Waals surface area (Å²) in [6, 6.07) is 9.66. The number of rotatable bonds is 3. The first-order chi connectivity index (χ1) is 10.1. The van der Waals surface area contributed by atoms with E-state index in [0.29, 0.717) is 12.2 Å². The highest BCUT2D eigenvalue weighted by molar-refractivity contribution is 6.20. The van der Waals surface area contributed by atoms with Crippen molar-refractivity contribution in [2.75, 3.05) is 0 Å². The lowest BCUT2D eigenvalue weighted by Crippen LogP contribution is -2.10. The van der Waals surface area contributed by atoms with Crippen LogP contribution >= 0.6 is 11.6 Å². The molecule has 1 saturated carbocycles. The Kier molecular flexibility index (Phi) is 2.44. The summed E-state index contributed by atoms with van der Waals surface area (Å²) in [7, 11) is 0. The fraction of sp³-hybridized carbons (Fsp3) is 0.400. The van der Waals surface area contributed by atoms with Gasteiger partial charge >= 0.3 is 0 Å². The van der Waals surface area contributed by atoms with Crippen LogP contribution in [0, 0.1) is 5.92 Å². The van der Waals surface area contributed by atoms with E-state index >= 15 is 0 Å². The molecule has 0 N–H and O–H groups in total. The van der Waals surface area contributed by atoms with Gasteiger partial charge in [-0.3, -0.25) is 4.79 Å². The Morgan fingerprint density at radius 1 is 1.35 bits per heavy atom. The van der Waals surface area contributed by atoms with Crippen molar-refractivity contribution in [3.8, 4) is 0 Å². The molecule has 5 heteroatoms. The van der Waals surface area contributed by atoms with Crippen molar-refractivity contribution in [2.24, 2.45) is 5.92 Å². The average Bonchev–Trinajstić information content (AvgIpc) is 3.17. The molecular weight excluding hydrogens is 274 g/mol. The van der Waals surface area contributed by atoms with Crippen molar-refractivity contribution in [2.45, 2.75) is 30.7 Å². The molecule has 1 aliphatic heterocycles. The SMILES string of the molecule is [2H][C@@]1(Cl)C[C@@H](c2ccccc2)n2nc(C(=O)C3CC3)nc21. The van der Waals surface area contributed by atoms with Gasteiger partial charge in [0.1, 0.15) is 5.82 Å². The Labute approximate surface area is 123 Å². The lowest BCUT2D eigenvalue weighted by Gasteiger charge is -2.11. The zero-order valence-electron chi connectivity index (χ0n) is 11.8. The molecule has 2 aromatic rings. The fourth-order valence-corrected chi connectivity index (χ4v) is 2.91.